The van der Waals surface area contributed by atoms with E-state index in [2.05, 4.69) is 29.8 Å². The van der Waals surface area contributed by atoms with Crippen LogP contribution in [0.25, 0.3) is 0 Å². The molecule has 1 aromatic rings. The summed E-state index contributed by atoms with van der Waals surface area (Å²) in [6.45, 7) is 5.29. The summed E-state index contributed by atoms with van der Waals surface area (Å²) < 4.78 is 5.48. The van der Waals surface area contributed by atoms with Gasteiger partial charge >= 0.3 is 0 Å². The molecule has 3 heteroatoms. The molecule has 1 saturated heterocycles. The second-order valence-electron chi connectivity index (χ2n) is 5.13. The van der Waals surface area contributed by atoms with Crippen LogP contribution in [-0.2, 0) is 11.2 Å². The summed E-state index contributed by atoms with van der Waals surface area (Å²) in [4.78, 5) is 1.52. The SMILES string of the molecule is CCCNC(CCc1cccs1)C1CCOCC1. The highest BCUT2D eigenvalue weighted by Crippen LogP contribution is 2.23. The van der Waals surface area contributed by atoms with Gasteiger partial charge in [-0.25, -0.2) is 0 Å². The summed E-state index contributed by atoms with van der Waals surface area (Å²) in [5, 5.41) is 5.93. The van der Waals surface area contributed by atoms with E-state index in [4.69, 9.17) is 4.74 Å². The molecule has 1 unspecified atom stereocenters. The second kappa shape index (κ2) is 7.93. The highest BCUT2D eigenvalue weighted by Gasteiger charge is 2.23. The number of nitrogens with one attached hydrogen (secondary N) is 1. The zero-order valence-electron chi connectivity index (χ0n) is 11.4. The van der Waals surface area contributed by atoms with Gasteiger partial charge in [-0.1, -0.05) is 13.0 Å². The highest BCUT2D eigenvalue weighted by molar-refractivity contribution is 7.09. The quantitative estimate of drug-likeness (QED) is 0.816. The molecule has 2 rings (SSSR count). The van der Waals surface area contributed by atoms with E-state index >= 15 is 0 Å². The van der Waals surface area contributed by atoms with E-state index in [1.54, 1.807) is 0 Å². The number of aryl methyl sites for hydroxylation is 1. The minimum absolute atomic E-state index is 0.677. The zero-order chi connectivity index (χ0) is 12.6. The summed E-state index contributed by atoms with van der Waals surface area (Å²) in [5.41, 5.74) is 0. The summed E-state index contributed by atoms with van der Waals surface area (Å²) in [5.74, 6) is 0.810. The fourth-order valence-electron chi connectivity index (χ4n) is 2.70. The first-order valence-electron chi connectivity index (χ1n) is 7.23. The van der Waals surface area contributed by atoms with Crippen LogP contribution in [0.2, 0.25) is 0 Å². The van der Waals surface area contributed by atoms with Crippen molar-refractivity contribution in [3.05, 3.63) is 22.4 Å². The second-order valence-corrected chi connectivity index (χ2v) is 6.16. The van der Waals surface area contributed by atoms with Crippen LogP contribution in [0.3, 0.4) is 0 Å². The van der Waals surface area contributed by atoms with E-state index in [9.17, 15) is 0 Å². The fourth-order valence-corrected chi connectivity index (χ4v) is 3.43. The average molecular weight is 267 g/mol. The van der Waals surface area contributed by atoms with Crippen molar-refractivity contribution in [1.82, 2.24) is 5.32 Å². The predicted molar refractivity (Wildman–Crippen MR) is 78.3 cm³/mol. The molecular weight excluding hydrogens is 242 g/mol. The third-order valence-corrected chi connectivity index (χ3v) is 4.71. The minimum atomic E-state index is 0.677. The van der Waals surface area contributed by atoms with Crippen LogP contribution in [0.15, 0.2) is 17.5 Å². The largest absolute Gasteiger partial charge is 0.381 e. The number of rotatable bonds is 7. The van der Waals surface area contributed by atoms with E-state index in [-0.39, 0.29) is 0 Å². The zero-order valence-corrected chi connectivity index (χ0v) is 12.2. The van der Waals surface area contributed by atoms with Gasteiger partial charge in [0.15, 0.2) is 0 Å². The van der Waals surface area contributed by atoms with Gasteiger partial charge in [0.05, 0.1) is 0 Å². The normalized spacial score (nSPS) is 18.9. The number of hydrogen-bond acceptors (Lipinski definition) is 3. The van der Waals surface area contributed by atoms with Gasteiger partial charge in [-0.3, -0.25) is 0 Å². The number of hydrogen-bond donors (Lipinski definition) is 1. The Hall–Kier alpha value is -0.380. The van der Waals surface area contributed by atoms with Crippen LogP contribution >= 0.6 is 11.3 Å². The lowest BCUT2D eigenvalue weighted by Crippen LogP contribution is -2.39. The van der Waals surface area contributed by atoms with Crippen LogP contribution in [0, 0.1) is 5.92 Å². The molecule has 18 heavy (non-hydrogen) atoms. The summed E-state index contributed by atoms with van der Waals surface area (Å²) >= 11 is 1.88. The van der Waals surface area contributed by atoms with E-state index < -0.39 is 0 Å². The first kappa shape index (κ1) is 14.0. The molecule has 0 amide bonds. The molecule has 0 aliphatic carbocycles. The standard InChI is InChI=1S/C15H25NOS/c1-2-9-16-15(13-7-10-17-11-8-13)6-5-14-4-3-12-18-14/h3-4,12-13,15-16H,2,5-11H2,1H3. The van der Waals surface area contributed by atoms with Crippen molar-refractivity contribution in [1.29, 1.82) is 0 Å². The van der Waals surface area contributed by atoms with Gasteiger partial charge < -0.3 is 10.1 Å². The molecule has 1 aliphatic rings. The molecule has 1 N–H and O–H groups in total. The molecule has 1 fully saturated rings. The Balaban J connectivity index is 1.83. The van der Waals surface area contributed by atoms with Crippen molar-refractivity contribution >= 4 is 11.3 Å². The Morgan fingerprint density at radius 2 is 2.28 bits per heavy atom. The molecule has 1 aliphatic heterocycles. The van der Waals surface area contributed by atoms with Crippen LogP contribution in [0.5, 0.6) is 0 Å². The lowest BCUT2D eigenvalue weighted by molar-refractivity contribution is 0.0527. The smallest absolute Gasteiger partial charge is 0.0469 e. The van der Waals surface area contributed by atoms with E-state index in [0.29, 0.717) is 6.04 Å². The third-order valence-electron chi connectivity index (χ3n) is 3.77. The molecule has 0 bridgehead atoms. The molecular formula is C15H25NOS. The lowest BCUT2D eigenvalue weighted by atomic mass is 9.88. The van der Waals surface area contributed by atoms with Gasteiger partial charge in [-0.05, 0) is 56.0 Å². The lowest BCUT2D eigenvalue weighted by Gasteiger charge is -2.31. The van der Waals surface area contributed by atoms with Gasteiger partial charge in [0.25, 0.3) is 0 Å². The van der Waals surface area contributed by atoms with Crippen molar-refractivity contribution in [2.45, 2.75) is 45.1 Å². The van der Waals surface area contributed by atoms with Crippen LogP contribution in [-0.4, -0.2) is 25.8 Å². The van der Waals surface area contributed by atoms with Gasteiger partial charge in [-0.15, -0.1) is 11.3 Å². The first-order valence-corrected chi connectivity index (χ1v) is 8.11. The number of thiophene rings is 1. The molecule has 2 nitrogen and oxygen atoms in total. The summed E-state index contributed by atoms with van der Waals surface area (Å²) in [6, 6.07) is 5.09. The Kier molecular flexibility index (Phi) is 6.18. The Labute approximate surface area is 115 Å². The summed E-state index contributed by atoms with van der Waals surface area (Å²) in [6.07, 6.45) is 6.16. The Morgan fingerprint density at radius 3 is 2.94 bits per heavy atom. The maximum Gasteiger partial charge on any atom is 0.0469 e. The van der Waals surface area contributed by atoms with Crippen molar-refractivity contribution < 1.29 is 4.74 Å². The molecule has 0 aromatic carbocycles. The van der Waals surface area contributed by atoms with Crippen LogP contribution in [0.4, 0.5) is 0 Å². The van der Waals surface area contributed by atoms with E-state index in [0.717, 1.165) is 25.7 Å². The van der Waals surface area contributed by atoms with Crippen molar-refractivity contribution in [2.75, 3.05) is 19.8 Å². The Morgan fingerprint density at radius 1 is 1.44 bits per heavy atom. The molecule has 102 valence electrons. The molecule has 1 atom stereocenters. The van der Waals surface area contributed by atoms with Crippen LogP contribution < -0.4 is 5.32 Å². The fraction of sp³-hybridized carbons (Fsp3) is 0.733. The molecule has 0 saturated carbocycles. The first-order chi connectivity index (χ1) is 8.90. The maximum atomic E-state index is 5.48. The predicted octanol–water partition coefficient (Wildman–Crippen LogP) is 3.48. The molecule has 2 heterocycles. The van der Waals surface area contributed by atoms with Gasteiger partial charge in [-0.2, -0.15) is 0 Å². The minimum Gasteiger partial charge on any atom is -0.381 e. The van der Waals surface area contributed by atoms with Gasteiger partial charge in [0.2, 0.25) is 0 Å². The topological polar surface area (TPSA) is 21.3 Å². The van der Waals surface area contributed by atoms with E-state index in [1.807, 2.05) is 11.3 Å². The third kappa shape index (κ3) is 4.38. The Bertz CT molecular complexity index is 306. The highest BCUT2D eigenvalue weighted by atomic mass is 32.1. The average Bonchev–Trinajstić information content (AvgIpc) is 2.93. The van der Waals surface area contributed by atoms with E-state index in [1.165, 1.54) is 37.0 Å². The van der Waals surface area contributed by atoms with Crippen molar-refractivity contribution in [3.8, 4) is 0 Å². The van der Waals surface area contributed by atoms with Gasteiger partial charge in [0.1, 0.15) is 0 Å². The monoisotopic (exact) mass is 267 g/mol. The van der Waals surface area contributed by atoms with Crippen LogP contribution in [0.1, 0.15) is 37.5 Å². The van der Waals surface area contributed by atoms with Crippen molar-refractivity contribution in [2.24, 2.45) is 5.92 Å². The summed E-state index contributed by atoms with van der Waals surface area (Å²) in [7, 11) is 0. The molecule has 0 spiro atoms. The number of ether oxygens (including phenoxy) is 1. The molecule has 0 radical (unpaired) electrons. The maximum absolute atomic E-state index is 5.48. The molecule has 1 aromatic heterocycles. The van der Waals surface area contributed by atoms with Crippen molar-refractivity contribution in [3.63, 3.8) is 0 Å². The van der Waals surface area contributed by atoms with Gasteiger partial charge in [0, 0.05) is 24.1 Å².